The zero-order valence-corrected chi connectivity index (χ0v) is 10.7. The first-order chi connectivity index (χ1) is 8.16. The van der Waals surface area contributed by atoms with Gasteiger partial charge in [-0.1, -0.05) is 26.0 Å². The van der Waals surface area contributed by atoms with Gasteiger partial charge in [0.05, 0.1) is 5.92 Å². The Hall–Kier alpha value is -1.61. The first-order valence-corrected chi connectivity index (χ1v) is 6.45. The molecule has 0 aliphatic heterocycles. The molecule has 0 radical (unpaired) electrons. The lowest BCUT2D eigenvalue weighted by molar-refractivity contribution is -0.137. The maximum absolute atomic E-state index is 11.4. The molecule has 0 saturated carbocycles. The molecule has 0 atom stereocenters. The number of hydrogen-bond acceptors (Lipinski definition) is 3. The second-order valence-electron chi connectivity index (χ2n) is 4.11. The summed E-state index contributed by atoms with van der Waals surface area (Å²) in [4.78, 5) is 11.4. The molecule has 2 rings (SSSR count). The van der Waals surface area contributed by atoms with Crippen LogP contribution in [0.4, 0.5) is 0 Å². The summed E-state index contributed by atoms with van der Waals surface area (Å²) in [5, 5.41) is 4.14. The van der Waals surface area contributed by atoms with Gasteiger partial charge in [-0.15, -0.1) is 0 Å². The summed E-state index contributed by atoms with van der Waals surface area (Å²) >= 11 is 1.67. The monoisotopic (exact) mass is 246 g/mol. The van der Waals surface area contributed by atoms with Gasteiger partial charge in [-0.3, -0.25) is 4.79 Å². The van der Waals surface area contributed by atoms with E-state index in [1.807, 2.05) is 43.5 Å². The van der Waals surface area contributed by atoms with Crippen molar-refractivity contribution in [2.45, 2.75) is 13.8 Å². The molecule has 0 fully saturated rings. The Balaban J connectivity index is 2.11. The van der Waals surface area contributed by atoms with Crippen molar-refractivity contribution in [1.82, 2.24) is 0 Å². The number of hydrogen-bond donors (Lipinski definition) is 0. The largest absolute Gasteiger partial charge is 0.426 e. The number of rotatable bonds is 3. The highest BCUT2D eigenvalue weighted by atomic mass is 32.1. The van der Waals surface area contributed by atoms with E-state index in [4.69, 9.17) is 4.74 Å². The predicted octanol–water partition coefficient (Wildman–Crippen LogP) is 3.98. The summed E-state index contributed by atoms with van der Waals surface area (Å²) in [5.41, 5.74) is 2.33. The third-order valence-corrected chi connectivity index (χ3v) is 3.08. The lowest BCUT2D eigenvalue weighted by Crippen LogP contribution is -2.14. The van der Waals surface area contributed by atoms with Crippen molar-refractivity contribution in [3.63, 3.8) is 0 Å². The molecule has 0 N–H and O–H groups in total. The molecule has 0 bridgehead atoms. The second kappa shape index (κ2) is 5.15. The van der Waals surface area contributed by atoms with Crippen LogP contribution >= 0.6 is 11.3 Å². The standard InChI is InChI=1S/C14H14O2S/c1-10(2)14(15)16-13-5-3-11(4-6-13)12-7-8-17-9-12/h3-10H,1-2H3. The molecule has 1 aromatic heterocycles. The maximum Gasteiger partial charge on any atom is 0.313 e. The Morgan fingerprint density at radius 2 is 1.82 bits per heavy atom. The predicted molar refractivity (Wildman–Crippen MR) is 70.2 cm³/mol. The van der Waals surface area contributed by atoms with E-state index in [0.717, 1.165) is 5.56 Å². The summed E-state index contributed by atoms with van der Waals surface area (Å²) < 4.78 is 5.21. The molecule has 88 valence electrons. The first kappa shape index (κ1) is 11.9. The summed E-state index contributed by atoms with van der Waals surface area (Å²) in [6.07, 6.45) is 0. The molecule has 2 nitrogen and oxygen atoms in total. The van der Waals surface area contributed by atoms with Crippen molar-refractivity contribution in [3.8, 4) is 16.9 Å². The number of esters is 1. The minimum absolute atomic E-state index is 0.105. The third kappa shape index (κ3) is 2.94. The van der Waals surface area contributed by atoms with E-state index in [-0.39, 0.29) is 11.9 Å². The average molecular weight is 246 g/mol. The van der Waals surface area contributed by atoms with Gasteiger partial charge in [0, 0.05) is 0 Å². The molecule has 0 amide bonds. The van der Waals surface area contributed by atoms with Crippen molar-refractivity contribution in [2.75, 3.05) is 0 Å². The lowest BCUT2D eigenvalue weighted by atomic mass is 10.1. The highest BCUT2D eigenvalue weighted by Crippen LogP contribution is 2.24. The van der Waals surface area contributed by atoms with Gasteiger partial charge in [-0.25, -0.2) is 0 Å². The minimum atomic E-state index is -0.201. The van der Waals surface area contributed by atoms with Crippen molar-refractivity contribution in [2.24, 2.45) is 5.92 Å². The van der Waals surface area contributed by atoms with Crippen molar-refractivity contribution < 1.29 is 9.53 Å². The second-order valence-corrected chi connectivity index (χ2v) is 4.89. The van der Waals surface area contributed by atoms with Gasteiger partial charge in [0.1, 0.15) is 5.75 Å². The van der Waals surface area contributed by atoms with Crippen LogP contribution < -0.4 is 4.74 Å². The highest BCUT2D eigenvalue weighted by molar-refractivity contribution is 7.08. The Bertz CT molecular complexity index is 483. The van der Waals surface area contributed by atoms with Crippen LogP contribution in [0.2, 0.25) is 0 Å². The summed E-state index contributed by atoms with van der Waals surface area (Å²) in [7, 11) is 0. The number of thiophene rings is 1. The molecule has 3 heteroatoms. The van der Waals surface area contributed by atoms with Crippen LogP contribution in [0.3, 0.4) is 0 Å². The average Bonchev–Trinajstić information content (AvgIpc) is 2.83. The quantitative estimate of drug-likeness (QED) is 0.605. The molecule has 0 saturated heterocycles. The summed E-state index contributed by atoms with van der Waals surface area (Å²) in [5.74, 6) is 0.294. The van der Waals surface area contributed by atoms with Crippen molar-refractivity contribution in [3.05, 3.63) is 41.1 Å². The summed E-state index contributed by atoms with van der Waals surface area (Å²) in [6, 6.07) is 9.65. The molecule has 0 aliphatic rings. The fraction of sp³-hybridized carbons (Fsp3) is 0.214. The number of ether oxygens (including phenoxy) is 1. The minimum Gasteiger partial charge on any atom is -0.426 e. The first-order valence-electron chi connectivity index (χ1n) is 5.51. The zero-order valence-electron chi connectivity index (χ0n) is 9.84. The fourth-order valence-corrected chi connectivity index (χ4v) is 2.04. The molecule has 0 spiro atoms. The van der Waals surface area contributed by atoms with Crippen molar-refractivity contribution >= 4 is 17.3 Å². The topological polar surface area (TPSA) is 26.3 Å². The van der Waals surface area contributed by atoms with Crippen LogP contribution in [0.1, 0.15) is 13.8 Å². The normalized spacial score (nSPS) is 10.5. The van der Waals surface area contributed by atoms with Gasteiger partial charge in [0.15, 0.2) is 0 Å². The zero-order chi connectivity index (χ0) is 12.3. The van der Waals surface area contributed by atoms with Gasteiger partial charge < -0.3 is 4.74 Å². The fourth-order valence-electron chi connectivity index (χ4n) is 1.38. The molecular formula is C14H14O2S. The smallest absolute Gasteiger partial charge is 0.313 e. The van der Waals surface area contributed by atoms with Gasteiger partial charge in [0.2, 0.25) is 0 Å². The van der Waals surface area contributed by atoms with Gasteiger partial charge in [-0.2, -0.15) is 11.3 Å². The van der Waals surface area contributed by atoms with E-state index in [0.29, 0.717) is 5.75 Å². The molecule has 17 heavy (non-hydrogen) atoms. The summed E-state index contributed by atoms with van der Waals surface area (Å²) in [6.45, 7) is 3.64. The SMILES string of the molecule is CC(C)C(=O)Oc1ccc(-c2ccsc2)cc1. The van der Waals surface area contributed by atoms with Crippen LogP contribution in [-0.2, 0) is 4.79 Å². The van der Waals surface area contributed by atoms with Crippen LogP contribution in [0.5, 0.6) is 5.75 Å². The third-order valence-electron chi connectivity index (χ3n) is 2.40. The Morgan fingerprint density at radius 1 is 1.12 bits per heavy atom. The van der Waals surface area contributed by atoms with E-state index >= 15 is 0 Å². The highest BCUT2D eigenvalue weighted by Gasteiger charge is 2.09. The van der Waals surface area contributed by atoms with E-state index < -0.39 is 0 Å². The van der Waals surface area contributed by atoms with Crippen molar-refractivity contribution in [1.29, 1.82) is 0 Å². The van der Waals surface area contributed by atoms with Gasteiger partial charge in [-0.05, 0) is 40.1 Å². The maximum atomic E-state index is 11.4. The van der Waals surface area contributed by atoms with E-state index in [9.17, 15) is 4.79 Å². The van der Waals surface area contributed by atoms with E-state index in [1.54, 1.807) is 11.3 Å². The van der Waals surface area contributed by atoms with E-state index in [2.05, 4.69) is 11.4 Å². The van der Waals surface area contributed by atoms with E-state index in [1.165, 1.54) is 5.56 Å². The molecule has 1 heterocycles. The molecule has 2 aromatic rings. The molecular weight excluding hydrogens is 232 g/mol. The van der Waals surface area contributed by atoms with Crippen LogP contribution in [0.15, 0.2) is 41.1 Å². The molecule has 0 unspecified atom stereocenters. The number of benzene rings is 1. The number of carbonyl (C=O) groups excluding carboxylic acids is 1. The Morgan fingerprint density at radius 3 is 2.35 bits per heavy atom. The van der Waals surface area contributed by atoms with Crippen LogP contribution in [-0.4, -0.2) is 5.97 Å². The Kier molecular flexibility index (Phi) is 3.59. The number of carbonyl (C=O) groups is 1. The molecule has 1 aromatic carbocycles. The van der Waals surface area contributed by atoms with Gasteiger partial charge in [0.25, 0.3) is 0 Å². The Labute approximate surface area is 105 Å². The van der Waals surface area contributed by atoms with Gasteiger partial charge >= 0.3 is 5.97 Å². The van der Waals surface area contributed by atoms with Crippen LogP contribution in [0.25, 0.3) is 11.1 Å². The lowest BCUT2D eigenvalue weighted by Gasteiger charge is -2.07. The van der Waals surface area contributed by atoms with Crippen LogP contribution in [0, 0.1) is 5.92 Å². The molecule has 0 aliphatic carbocycles.